The second-order valence-electron chi connectivity index (χ2n) is 11.3. The van der Waals surface area contributed by atoms with Gasteiger partial charge in [0.15, 0.2) is 5.54 Å². The number of fused-ring (bicyclic) bond motifs is 1. The molecule has 1 aromatic heterocycles. The van der Waals surface area contributed by atoms with E-state index in [2.05, 4.69) is 38.7 Å². The van der Waals surface area contributed by atoms with Crippen molar-refractivity contribution in [1.29, 1.82) is 10.5 Å². The number of anilines is 2. The fraction of sp³-hybridized carbons (Fsp3) is 0.345. The topological polar surface area (TPSA) is 112 Å². The Bertz CT molecular complexity index is 1650. The number of hydrazine groups is 2. The first-order valence-electron chi connectivity index (χ1n) is 13.4. The lowest BCUT2D eigenvalue weighted by Crippen LogP contribution is -2.52. The average molecular weight is 566 g/mol. The molecule has 212 valence electrons. The van der Waals surface area contributed by atoms with Crippen LogP contribution in [0.15, 0.2) is 54.5 Å². The minimum absolute atomic E-state index is 0.0122. The number of halogens is 4. The first-order valence-corrected chi connectivity index (χ1v) is 12.9. The first-order chi connectivity index (χ1) is 19.7. The molecule has 2 heterocycles. The van der Waals surface area contributed by atoms with Crippen LogP contribution in [0, 0.1) is 33.9 Å². The third-order valence-corrected chi connectivity index (χ3v) is 6.96. The fourth-order valence-corrected chi connectivity index (χ4v) is 4.60. The summed E-state index contributed by atoms with van der Waals surface area (Å²) >= 11 is 0. The molecule has 0 spiro atoms. The zero-order chi connectivity index (χ0) is 30.5. The predicted octanol–water partition coefficient (Wildman–Crippen LogP) is 5.99. The number of alkyl halides is 3. The Morgan fingerprint density at radius 2 is 1.80 bits per heavy atom. The zero-order valence-electron chi connectivity index (χ0n) is 23.5. The lowest BCUT2D eigenvalue weighted by Gasteiger charge is -2.28. The van der Waals surface area contributed by atoms with Crippen LogP contribution in [0.4, 0.5) is 28.9 Å². The van der Waals surface area contributed by atoms with E-state index < -0.39 is 23.6 Å². The molecule has 0 saturated heterocycles. The molecule has 1 aliphatic heterocycles. The lowest BCUT2D eigenvalue weighted by atomic mass is 9.96. The van der Waals surface area contributed by atoms with Crippen LogP contribution in [-0.4, -0.2) is 28.3 Å². The van der Waals surface area contributed by atoms with Crippen LogP contribution in [0.5, 0.6) is 0 Å². The standard InChI is InChI=1S/C29H28F4N8/c1-27(2,3)16-37-25-19(13-35)14-36-24-18(12-34)10-21(11-22(24)25)38-26(17-4-6-20(30)7-5-17)23-15-41(40-39-23)28(8-9-28)29(31,32)33/h4-7,10-11,14-15,26,38-40H,8-9,16H2,1-3H3,(H,36,37)/i26D. The minimum atomic E-state index is -4.51. The molecule has 2 aromatic carbocycles. The number of hydrogen-bond acceptors (Lipinski definition) is 8. The molecular formula is C29H28F4N8. The third kappa shape index (κ3) is 5.43. The van der Waals surface area contributed by atoms with Gasteiger partial charge in [-0.05, 0) is 48.1 Å². The highest BCUT2D eigenvalue weighted by atomic mass is 19.4. The van der Waals surface area contributed by atoms with E-state index in [1.165, 1.54) is 30.6 Å². The van der Waals surface area contributed by atoms with E-state index in [4.69, 9.17) is 0 Å². The number of hydrogen-bond donors (Lipinski definition) is 4. The maximum atomic E-state index is 13.8. The van der Waals surface area contributed by atoms with E-state index in [0.717, 1.165) is 17.1 Å². The van der Waals surface area contributed by atoms with Gasteiger partial charge in [0.05, 0.1) is 35.4 Å². The van der Waals surface area contributed by atoms with E-state index in [9.17, 15) is 29.5 Å². The summed E-state index contributed by atoms with van der Waals surface area (Å²) in [6.45, 7) is 6.55. The summed E-state index contributed by atoms with van der Waals surface area (Å²) in [5, 5.41) is 27.4. The molecule has 1 atom stereocenters. The van der Waals surface area contributed by atoms with Crippen molar-refractivity contribution in [1.82, 2.24) is 21.0 Å². The molecular weight excluding hydrogens is 536 g/mol. The Morgan fingerprint density at radius 1 is 1.12 bits per heavy atom. The van der Waals surface area contributed by atoms with Crippen LogP contribution >= 0.6 is 0 Å². The molecule has 0 amide bonds. The molecule has 5 rings (SSSR count). The lowest BCUT2D eigenvalue weighted by molar-refractivity contribution is -0.195. The molecule has 4 N–H and O–H groups in total. The molecule has 0 radical (unpaired) electrons. The van der Waals surface area contributed by atoms with Gasteiger partial charge in [0, 0.05) is 30.0 Å². The second kappa shape index (κ2) is 10.1. The van der Waals surface area contributed by atoms with Crippen LogP contribution < -0.4 is 21.6 Å². The number of rotatable bonds is 7. The highest BCUT2D eigenvalue weighted by Gasteiger charge is 2.67. The van der Waals surface area contributed by atoms with Gasteiger partial charge >= 0.3 is 6.18 Å². The van der Waals surface area contributed by atoms with Crippen LogP contribution in [-0.2, 0) is 0 Å². The van der Waals surface area contributed by atoms with Crippen molar-refractivity contribution in [3.05, 3.63) is 77.0 Å². The van der Waals surface area contributed by atoms with Crippen molar-refractivity contribution < 1.29 is 18.9 Å². The van der Waals surface area contributed by atoms with Crippen molar-refractivity contribution in [2.75, 3.05) is 17.2 Å². The maximum absolute atomic E-state index is 13.8. The van der Waals surface area contributed by atoms with Gasteiger partial charge in [-0.25, -0.2) is 4.39 Å². The van der Waals surface area contributed by atoms with Crippen molar-refractivity contribution in [2.24, 2.45) is 5.41 Å². The van der Waals surface area contributed by atoms with Crippen LogP contribution in [0.1, 0.15) is 57.7 Å². The van der Waals surface area contributed by atoms with E-state index in [0.29, 0.717) is 23.1 Å². The Labute approximate surface area is 236 Å². The van der Waals surface area contributed by atoms with Gasteiger partial charge in [-0.2, -0.15) is 23.7 Å². The Morgan fingerprint density at radius 3 is 2.39 bits per heavy atom. The number of pyridine rings is 1. The smallest absolute Gasteiger partial charge is 0.383 e. The molecule has 1 unspecified atom stereocenters. The quantitative estimate of drug-likeness (QED) is 0.259. The highest BCUT2D eigenvalue weighted by molar-refractivity contribution is 5.99. The average Bonchev–Trinajstić information content (AvgIpc) is 3.61. The van der Waals surface area contributed by atoms with Crippen LogP contribution in [0.2, 0.25) is 0 Å². The van der Waals surface area contributed by atoms with Gasteiger partial charge in [-0.15, -0.1) is 5.53 Å². The summed E-state index contributed by atoms with van der Waals surface area (Å²) in [5.41, 5.74) is 4.66. The molecule has 1 saturated carbocycles. The minimum Gasteiger partial charge on any atom is -0.383 e. The Hall–Kier alpha value is -4.55. The number of benzene rings is 2. The highest BCUT2D eigenvalue weighted by Crippen LogP contribution is 2.53. The first kappa shape index (κ1) is 26.7. The van der Waals surface area contributed by atoms with Gasteiger partial charge < -0.3 is 16.1 Å². The number of nitriles is 2. The van der Waals surface area contributed by atoms with E-state index in [-0.39, 0.29) is 46.3 Å². The van der Waals surface area contributed by atoms with Gasteiger partial charge in [0.25, 0.3) is 0 Å². The molecule has 12 heteroatoms. The summed E-state index contributed by atoms with van der Waals surface area (Å²) in [7, 11) is 0. The van der Waals surface area contributed by atoms with Crippen molar-refractivity contribution in [2.45, 2.75) is 51.3 Å². The Kier molecular flexibility index (Phi) is 6.59. The largest absolute Gasteiger partial charge is 0.413 e. The van der Waals surface area contributed by atoms with Gasteiger partial charge in [-0.3, -0.25) is 9.99 Å². The number of nitrogens with one attached hydrogen (secondary N) is 4. The van der Waals surface area contributed by atoms with Gasteiger partial charge in [0.1, 0.15) is 18.0 Å². The molecule has 2 aliphatic rings. The van der Waals surface area contributed by atoms with Gasteiger partial charge in [0.2, 0.25) is 0 Å². The van der Waals surface area contributed by atoms with E-state index in [1.807, 2.05) is 20.8 Å². The molecule has 8 nitrogen and oxygen atoms in total. The summed E-state index contributed by atoms with van der Waals surface area (Å²) < 4.78 is 64.9. The summed E-state index contributed by atoms with van der Waals surface area (Å²) in [5.74, 6) is -0.551. The summed E-state index contributed by atoms with van der Waals surface area (Å²) in [4.78, 5) is 4.33. The normalized spacial score (nSPS) is 17.9. The zero-order valence-corrected chi connectivity index (χ0v) is 22.5. The maximum Gasteiger partial charge on any atom is 0.413 e. The van der Waals surface area contributed by atoms with E-state index in [1.54, 1.807) is 6.07 Å². The Balaban J connectivity index is 1.63. The third-order valence-electron chi connectivity index (χ3n) is 6.96. The van der Waals surface area contributed by atoms with E-state index >= 15 is 0 Å². The number of aromatic nitrogens is 1. The molecule has 0 bridgehead atoms. The molecule has 41 heavy (non-hydrogen) atoms. The SMILES string of the molecule is [2H]C(Nc1cc(C#N)c2ncc(C#N)c(NCC(C)(C)C)c2c1)(C1=CN(C2(C(F)(F)F)CC2)NN1)c1ccc(F)cc1. The second-order valence-corrected chi connectivity index (χ2v) is 11.3. The monoisotopic (exact) mass is 565 g/mol. The summed E-state index contributed by atoms with van der Waals surface area (Å²) in [6, 6.07) is 10.4. The van der Waals surface area contributed by atoms with Gasteiger partial charge in [-0.1, -0.05) is 32.9 Å². The van der Waals surface area contributed by atoms with Crippen LogP contribution in [0.25, 0.3) is 10.9 Å². The number of nitrogens with zero attached hydrogens (tertiary/aromatic N) is 4. The van der Waals surface area contributed by atoms with Crippen molar-refractivity contribution in [3.63, 3.8) is 0 Å². The predicted molar refractivity (Wildman–Crippen MR) is 146 cm³/mol. The van der Waals surface area contributed by atoms with Crippen LogP contribution in [0.3, 0.4) is 0 Å². The molecule has 3 aromatic rings. The molecule has 1 aliphatic carbocycles. The summed E-state index contributed by atoms with van der Waals surface area (Å²) in [6.07, 6.45) is -2.17. The van der Waals surface area contributed by atoms with Crippen molar-refractivity contribution in [3.8, 4) is 12.1 Å². The fourth-order valence-electron chi connectivity index (χ4n) is 4.60. The van der Waals surface area contributed by atoms with Crippen molar-refractivity contribution >= 4 is 22.3 Å². The molecule has 1 fully saturated rings.